The highest BCUT2D eigenvalue weighted by Gasteiger charge is 2.43. The Labute approximate surface area is 216 Å². The predicted octanol–water partition coefficient (Wildman–Crippen LogP) is 6.20. The van der Waals surface area contributed by atoms with Gasteiger partial charge < -0.3 is 19.3 Å². The van der Waals surface area contributed by atoms with Crippen LogP contribution in [0.1, 0.15) is 64.0 Å². The van der Waals surface area contributed by atoms with E-state index in [0.29, 0.717) is 13.0 Å². The summed E-state index contributed by atoms with van der Waals surface area (Å²) in [5.41, 5.74) is 1.62. The molecule has 2 unspecified atom stereocenters. The molecule has 3 rings (SSSR count). The van der Waals surface area contributed by atoms with E-state index in [4.69, 9.17) is 14.2 Å². The Morgan fingerprint density at radius 3 is 2.42 bits per heavy atom. The van der Waals surface area contributed by atoms with Crippen molar-refractivity contribution < 1.29 is 24.1 Å². The van der Waals surface area contributed by atoms with Gasteiger partial charge in [-0.3, -0.25) is 4.79 Å². The molecular formula is C31H42O5. The van der Waals surface area contributed by atoms with Crippen LogP contribution >= 0.6 is 0 Å². The Morgan fingerprint density at radius 2 is 1.75 bits per heavy atom. The number of rotatable bonds is 15. The fraction of sp³-hybridized carbons (Fsp3) is 0.516. The number of hydrogen-bond donors (Lipinski definition) is 1. The van der Waals surface area contributed by atoms with Crippen LogP contribution in [0.3, 0.4) is 0 Å². The van der Waals surface area contributed by atoms with Crippen LogP contribution in [-0.4, -0.2) is 36.5 Å². The average Bonchev–Trinajstić information content (AvgIpc) is 3.18. The lowest BCUT2D eigenvalue weighted by molar-refractivity contribution is -0.122. The van der Waals surface area contributed by atoms with Crippen LogP contribution in [0.4, 0.5) is 0 Å². The van der Waals surface area contributed by atoms with Crippen molar-refractivity contribution in [3.8, 4) is 0 Å². The molecule has 1 fully saturated rings. The van der Waals surface area contributed by atoms with E-state index in [1.54, 1.807) is 0 Å². The van der Waals surface area contributed by atoms with E-state index in [9.17, 15) is 9.90 Å². The summed E-state index contributed by atoms with van der Waals surface area (Å²) >= 11 is 0. The monoisotopic (exact) mass is 494 g/mol. The van der Waals surface area contributed by atoms with Crippen molar-refractivity contribution in [1.82, 2.24) is 0 Å². The number of aliphatic hydroxyl groups is 1. The third-order valence-electron chi connectivity index (χ3n) is 6.94. The number of ether oxygens (including phenoxy) is 3. The van der Waals surface area contributed by atoms with Gasteiger partial charge in [-0.05, 0) is 31.4 Å². The standard InChI is InChI=1S/C31H42O5/c1-4-5-8-17-26(35-23-34-22-24-13-9-6-10-14-24)18-19-27-28(21-32)29(33)20-30(27)36-31(2,3)25-15-11-7-12-16-25/h6-7,9-16,18-19,26-28,30,32H,4-5,8,17,20-23H2,1-3H3/b19-18+/t26-,27-,28?,30?/m1/s1. The topological polar surface area (TPSA) is 65.0 Å². The van der Waals surface area contributed by atoms with Gasteiger partial charge in [-0.15, -0.1) is 0 Å². The highest BCUT2D eigenvalue weighted by molar-refractivity contribution is 5.84. The smallest absolute Gasteiger partial charge is 0.147 e. The second-order valence-corrected chi connectivity index (χ2v) is 10.1. The number of Topliss-reactive ketones (excluding diaryl/α,β-unsaturated/α-hetero) is 1. The van der Waals surface area contributed by atoms with Crippen LogP contribution in [0.2, 0.25) is 0 Å². The summed E-state index contributed by atoms with van der Waals surface area (Å²) in [6.07, 6.45) is 8.16. The average molecular weight is 495 g/mol. The van der Waals surface area contributed by atoms with Gasteiger partial charge in [0.15, 0.2) is 0 Å². The molecular weight excluding hydrogens is 452 g/mol. The van der Waals surface area contributed by atoms with Crippen LogP contribution in [-0.2, 0) is 31.2 Å². The summed E-state index contributed by atoms with van der Waals surface area (Å²) < 4.78 is 18.4. The SMILES string of the molecule is CCCCC[C@H](/C=C/[C@H]1C(OC(C)(C)c2ccccc2)CC(=O)C1CO)OCOCc1ccccc1. The van der Waals surface area contributed by atoms with E-state index in [-0.39, 0.29) is 37.3 Å². The van der Waals surface area contributed by atoms with E-state index >= 15 is 0 Å². The Kier molecular flexibility index (Phi) is 11.3. The summed E-state index contributed by atoms with van der Waals surface area (Å²) in [6.45, 7) is 6.76. The maximum absolute atomic E-state index is 12.7. The molecule has 5 heteroatoms. The minimum absolute atomic E-state index is 0.0515. The lowest BCUT2D eigenvalue weighted by Crippen LogP contribution is -2.32. The lowest BCUT2D eigenvalue weighted by Gasteiger charge is -2.32. The first-order valence-corrected chi connectivity index (χ1v) is 13.2. The number of unbranched alkanes of at least 4 members (excludes halogenated alkanes) is 2. The number of carbonyl (C=O) groups excluding carboxylic acids is 1. The van der Waals surface area contributed by atoms with Crippen LogP contribution in [0.15, 0.2) is 72.8 Å². The first kappa shape index (κ1) is 28.3. The van der Waals surface area contributed by atoms with E-state index in [1.165, 1.54) is 0 Å². The van der Waals surface area contributed by atoms with Gasteiger partial charge in [-0.2, -0.15) is 0 Å². The summed E-state index contributed by atoms with van der Waals surface area (Å²) in [4.78, 5) is 12.7. The lowest BCUT2D eigenvalue weighted by atomic mass is 9.92. The molecule has 0 spiro atoms. The summed E-state index contributed by atoms with van der Waals surface area (Å²) in [7, 11) is 0. The third kappa shape index (κ3) is 8.38. The van der Waals surface area contributed by atoms with Gasteiger partial charge in [0.2, 0.25) is 0 Å². The molecule has 0 saturated heterocycles. The molecule has 5 nitrogen and oxygen atoms in total. The van der Waals surface area contributed by atoms with Gasteiger partial charge in [0.05, 0.1) is 31.0 Å². The van der Waals surface area contributed by atoms with E-state index in [0.717, 1.165) is 36.8 Å². The van der Waals surface area contributed by atoms with Crippen molar-refractivity contribution >= 4 is 5.78 Å². The molecule has 1 saturated carbocycles. The molecule has 2 aromatic rings. The molecule has 196 valence electrons. The Balaban J connectivity index is 1.66. The van der Waals surface area contributed by atoms with Crippen molar-refractivity contribution in [2.45, 2.75) is 77.3 Å². The van der Waals surface area contributed by atoms with Crippen LogP contribution in [0, 0.1) is 11.8 Å². The molecule has 0 heterocycles. The fourth-order valence-corrected chi connectivity index (χ4v) is 4.80. The van der Waals surface area contributed by atoms with Gasteiger partial charge in [-0.1, -0.05) is 99.0 Å². The van der Waals surface area contributed by atoms with E-state index in [2.05, 4.69) is 6.92 Å². The van der Waals surface area contributed by atoms with Gasteiger partial charge in [0.25, 0.3) is 0 Å². The maximum atomic E-state index is 12.7. The predicted molar refractivity (Wildman–Crippen MR) is 142 cm³/mol. The van der Waals surface area contributed by atoms with Gasteiger partial charge in [-0.25, -0.2) is 0 Å². The zero-order chi connectivity index (χ0) is 25.8. The normalized spacial score (nSPS) is 21.3. The summed E-state index contributed by atoms with van der Waals surface area (Å²) in [5, 5.41) is 10.00. The van der Waals surface area contributed by atoms with Gasteiger partial charge in [0, 0.05) is 18.3 Å². The Bertz CT molecular complexity index is 924. The van der Waals surface area contributed by atoms with Crippen LogP contribution in [0.5, 0.6) is 0 Å². The molecule has 1 aliphatic rings. The minimum Gasteiger partial charge on any atom is -0.396 e. The van der Waals surface area contributed by atoms with Crippen molar-refractivity contribution in [3.63, 3.8) is 0 Å². The number of aliphatic hydroxyl groups excluding tert-OH is 1. The summed E-state index contributed by atoms with van der Waals surface area (Å²) in [6, 6.07) is 20.1. The zero-order valence-corrected chi connectivity index (χ0v) is 22.0. The van der Waals surface area contributed by atoms with Gasteiger partial charge >= 0.3 is 0 Å². The zero-order valence-electron chi connectivity index (χ0n) is 22.0. The molecule has 0 radical (unpaired) electrons. The highest BCUT2D eigenvalue weighted by Crippen LogP contribution is 2.38. The molecule has 1 aliphatic carbocycles. The minimum atomic E-state index is -0.551. The molecule has 1 N–H and O–H groups in total. The Hall–Kier alpha value is -2.31. The van der Waals surface area contributed by atoms with Gasteiger partial charge in [0.1, 0.15) is 12.6 Å². The second-order valence-electron chi connectivity index (χ2n) is 10.1. The van der Waals surface area contributed by atoms with Crippen molar-refractivity contribution in [2.24, 2.45) is 11.8 Å². The van der Waals surface area contributed by atoms with Crippen molar-refractivity contribution in [3.05, 3.63) is 83.9 Å². The molecule has 0 amide bonds. The first-order valence-electron chi connectivity index (χ1n) is 13.2. The third-order valence-corrected chi connectivity index (χ3v) is 6.94. The number of ketones is 1. The second kappa shape index (κ2) is 14.4. The van der Waals surface area contributed by atoms with Crippen LogP contribution < -0.4 is 0 Å². The first-order chi connectivity index (χ1) is 17.4. The highest BCUT2D eigenvalue weighted by atomic mass is 16.7. The maximum Gasteiger partial charge on any atom is 0.147 e. The molecule has 36 heavy (non-hydrogen) atoms. The molecule has 0 bridgehead atoms. The van der Waals surface area contributed by atoms with Crippen LogP contribution in [0.25, 0.3) is 0 Å². The largest absolute Gasteiger partial charge is 0.396 e. The molecule has 4 atom stereocenters. The molecule has 2 aromatic carbocycles. The fourth-order valence-electron chi connectivity index (χ4n) is 4.80. The quantitative estimate of drug-likeness (QED) is 0.181. The van der Waals surface area contributed by atoms with E-state index in [1.807, 2.05) is 86.7 Å². The number of hydrogen-bond acceptors (Lipinski definition) is 5. The summed E-state index contributed by atoms with van der Waals surface area (Å²) in [5.74, 6) is -0.605. The number of benzene rings is 2. The molecule has 0 aromatic heterocycles. The molecule has 0 aliphatic heterocycles. The van der Waals surface area contributed by atoms with Crippen molar-refractivity contribution in [1.29, 1.82) is 0 Å². The van der Waals surface area contributed by atoms with E-state index < -0.39 is 11.5 Å². The number of carbonyl (C=O) groups is 1. The Morgan fingerprint density at radius 1 is 1.06 bits per heavy atom. The van der Waals surface area contributed by atoms with Crippen molar-refractivity contribution in [2.75, 3.05) is 13.4 Å².